The highest BCUT2D eigenvalue weighted by molar-refractivity contribution is 14.0. The van der Waals surface area contributed by atoms with E-state index in [-0.39, 0.29) is 24.0 Å². The minimum absolute atomic E-state index is 0. The third-order valence-corrected chi connectivity index (χ3v) is 2.80. The van der Waals surface area contributed by atoms with Crippen LogP contribution in [0.2, 0.25) is 0 Å². The van der Waals surface area contributed by atoms with Crippen molar-refractivity contribution >= 4 is 29.9 Å². The lowest BCUT2D eigenvalue weighted by molar-refractivity contribution is 0.215. The smallest absolute Gasteiger partial charge is 0.190 e. The van der Waals surface area contributed by atoms with Crippen LogP contribution in [-0.4, -0.2) is 50.1 Å². The fourth-order valence-corrected chi connectivity index (χ4v) is 1.85. The highest BCUT2D eigenvalue weighted by Crippen LogP contribution is 2.27. The van der Waals surface area contributed by atoms with Gasteiger partial charge in [-0.2, -0.15) is 0 Å². The van der Waals surface area contributed by atoms with Crippen molar-refractivity contribution < 1.29 is 0 Å². The molecule has 1 aliphatic carbocycles. The van der Waals surface area contributed by atoms with Gasteiger partial charge in [0, 0.05) is 39.3 Å². The molecule has 0 unspecified atom stereocenters. The molecule has 2 N–H and O–H groups in total. The third-order valence-electron chi connectivity index (χ3n) is 2.80. The van der Waals surface area contributed by atoms with Crippen molar-refractivity contribution in [3.05, 3.63) is 0 Å². The van der Waals surface area contributed by atoms with Crippen LogP contribution in [0.3, 0.4) is 0 Å². The van der Waals surface area contributed by atoms with E-state index in [1.807, 2.05) is 7.05 Å². The molecule has 0 aromatic rings. The Bertz CT molecular complexity index is 212. The van der Waals surface area contributed by atoms with Crippen LogP contribution in [0.1, 0.15) is 26.7 Å². The molecular weight excluding hydrogens is 315 g/mol. The molecule has 0 saturated heterocycles. The number of nitrogens with one attached hydrogen (secondary N) is 2. The Hall–Kier alpha value is -0.0400. The Labute approximate surface area is 116 Å². The van der Waals surface area contributed by atoms with E-state index in [2.05, 4.69) is 34.4 Å². The molecule has 5 heteroatoms. The van der Waals surface area contributed by atoms with Gasteiger partial charge in [0.1, 0.15) is 0 Å². The standard InChI is InChI=1S/C11H24N4.HI/c1-9(2)15(10-5-6-10)8-7-14-11(12-3)13-4;/h9-10H,5-8H2,1-4H3,(H2,12,13,14);1H. The van der Waals surface area contributed by atoms with Gasteiger partial charge in [0.2, 0.25) is 0 Å². The molecular formula is C11H25IN4. The summed E-state index contributed by atoms with van der Waals surface area (Å²) < 4.78 is 0. The Morgan fingerprint density at radius 3 is 2.44 bits per heavy atom. The normalized spacial score (nSPS) is 16.2. The zero-order chi connectivity index (χ0) is 11.3. The quantitative estimate of drug-likeness (QED) is 0.450. The van der Waals surface area contributed by atoms with Crippen molar-refractivity contribution in [1.29, 1.82) is 0 Å². The Kier molecular flexibility index (Phi) is 8.09. The fraction of sp³-hybridized carbons (Fsp3) is 0.909. The van der Waals surface area contributed by atoms with E-state index >= 15 is 0 Å². The van der Waals surface area contributed by atoms with E-state index in [4.69, 9.17) is 0 Å². The maximum Gasteiger partial charge on any atom is 0.190 e. The maximum absolute atomic E-state index is 4.08. The monoisotopic (exact) mass is 340 g/mol. The number of hydrogen-bond acceptors (Lipinski definition) is 2. The molecule has 0 spiro atoms. The highest BCUT2D eigenvalue weighted by atomic mass is 127. The summed E-state index contributed by atoms with van der Waals surface area (Å²) >= 11 is 0. The van der Waals surface area contributed by atoms with Gasteiger partial charge < -0.3 is 10.6 Å². The summed E-state index contributed by atoms with van der Waals surface area (Å²) in [6.45, 7) is 6.60. The van der Waals surface area contributed by atoms with Crippen LogP contribution in [0, 0.1) is 0 Å². The van der Waals surface area contributed by atoms with Crippen LogP contribution in [0.25, 0.3) is 0 Å². The van der Waals surface area contributed by atoms with Gasteiger partial charge in [-0.3, -0.25) is 9.89 Å². The molecule has 1 saturated carbocycles. The second kappa shape index (κ2) is 8.11. The largest absolute Gasteiger partial charge is 0.359 e. The second-order valence-electron chi connectivity index (χ2n) is 4.31. The van der Waals surface area contributed by atoms with E-state index in [9.17, 15) is 0 Å². The molecule has 0 bridgehead atoms. The van der Waals surface area contributed by atoms with Gasteiger partial charge in [0.25, 0.3) is 0 Å². The average Bonchev–Trinajstić information content (AvgIpc) is 3.01. The summed E-state index contributed by atoms with van der Waals surface area (Å²) in [7, 11) is 3.68. The first kappa shape index (κ1) is 16.0. The molecule has 96 valence electrons. The van der Waals surface area contributed by atoms with Gasteiger partial charge in [0.05, 0.1) is 0 Å². The Morgan fingerprint density at radius 2 is 2.06 bits per heavy atom. The first-order valence-electron chi connectivity index (χ1n) is 5.83. The van der Waals surface area contributed by atoms with Crippen molar-refractivity contribution in [3.8, 4) is 0 Å². The van der Waals surface area contributed by atoms with Crippen LogP contribution < -0.4 is 10.6 Å². The van der Waals surface area contributed by atoms with E-state index < -0.39 is 0 Å². The van der Waals surface area contributed by atoms with Crippen LogP contribution >= 0.6 is 24.0 Å². The van der Waals surface area contributed by atoms with Crippen molar-refractivity contribution in [2.45, 2.75) is 38.8 Å². The molecule has 0 aromatic heterocycles. The molecule has 4 nitrogen and oxygen atoms in total. The SMILES string of the molecule is CN=C(NC)NCCN(C(C)C)C1CC1.I. The maximum atomic E-state index is 4.08. The third kappa shape index (κ3) is 5.34. The van der Waals surface area contributed by atoms with Crippen molar-refractivity contribution in [1.82, 2.24) is 15.5 Å². The number of hydrogen-bond donors (Lipinski definition) is 2. The van der Waals surface area contributed by atoms with Crippen LogP contribution in [0.5, 0.6) is 0 Å². The summed E-state index contributed by atoms with van der Waals surface area (Å²) in [6.07, 6.45) is 2.75. The Balaban J connectivity index is 0.00000225. The summed E-state index contributed by atoms with van der Waals surface area (Å²) in [5.74, 6) is 0.870. The van der Waals surface area contributed by atoms with E-state index in [0.717, 1.165) is 25.1 Å². The summed E-state index contributed by atoms with van der Waals surface area (Å²) in [4.78, 5) is 6.65. The lowest BCUT2D eigenvalue weighted by atomic mass is 10.3. The van der Waals surface area contributed by atoms with Crippen LogP contribution in [-0.2, 0) is 0 Å². The first-order valence-corrected chi connectivity index (χ1v) is 5.83. The van der Waals surface area contributed by atoms with Gasteiger partial charge in [0.15, 0.2) is 5.96 Å². The Morgan fingerprint density at radius 1 is 1.44 bits per heavy atom. The van der Waals surface area contributed by atoms with E-state index in [0.29, 0.717) is 6.04 Å². The highest BCUT2D eigenvalue weighted by Gasteiger charge is 2.29. The van der Waals surface area contributed by atoms with Gasteiger partial charge in [-0.15, -0.1) is 24.0 Å². The fourth-order valence-electron chi connectivity index (χ4n) is 1.85. The van der Waals surface area contributed by atoms with Gasteiger partial charge in [-0.05, 0) is 26.7 Å². The van der Waals surface area contributed by atoms with E-state index in [1.54, 1.807) is 7.05 Å². The predicted molar refractivity (Wildman–Crippen MR) is 80.7 cm³/mol. The minimum atomic E-state index is 0. The van der Waals surface area contributed by atoms with Crippen molar-refractivity contribution in [2.24, 2.45) is 4.99 Å². The zero-order valence-corrected chi connectivity index (χ0v) is 13.1. The molecule has 1 aliphatic rings. The van der Waals surface area contributed by atoms with Gasteiger partial charge >= 0.3 is 0 Å². The zero-order valence-electron chi connectivity index (χ0n) is 10.8. The molecule has 1 rings (SSSR count). The summed E-state index contributed by atoms with van der Waals surface area (Å²) in [6, 6.07) is 1.49. The van der Waals surface area contributed by atoms with Gasteiger partial charge in [-0.25, -0.2) is 0 Å². The van der Waals surface area contributed by atoms with Crippen LogP contribution in [0.15, 0.2) is 4.99 Å². The number of halogens is 1. The van der Waals surface area contributed by atoms with Crippen molar-refractivity contribution in [2.75, 3.05) is 27.2 Å². The molecule has 0 atom stereocenters. The first-order chi connectivity index (χ1) is 7.19. The molecule has 0 aromatic carbocycles. The number of nitrogens with zero attached hydrogens (tertiary/aromatic N) is 2. The molecule has 0 radical (unpaired) electrons. The topological polar surface area (TPSA) is 39.7 Å². The summed E-state index contributed by atoms with van der Waals surface area (Å²) in [5, 5.41) is 6.30. The molecule has 1 fully saturated rings. The predicted octanol–water partition coefficient (Wildman–Crippen LogP) is 1.27. The molecule has 16 heavy (non-hydrogen) atoms. The molecule has 0 amide bonds. The van der Waals surface area contributed by atoms with E-state index in [1.165, 1.54) is 12.8 Å². The van der Waals surface area contributed by atoms with Gasteiger partial charge in [-0.1, -0.05) is 0 Å². The molecule has 0 aliphatic heterocycles. The number of rotatable bonds is 5. The molecule has 0 heterocycles. The van der Waals surface area contributed by atoms with Crippen LogP contribution in [0.4, 0.5) is 0 Å². The lowest BCUT2D eigenvalue weighted by Crippen LogP contribution is -2.42. The average molecular weight is 340 g/mol. The van der Waals surface area contributed by atoms with Crippen molar-refractivity contribution in [3.63, 3.8) is 0 Å². The lowest BCUT2D eigenvalue weighted by Gasteiger charge is -2.26. The second-order valence-corrected chi connectivity index (χ2v) is 4.31. The minimum Gasteiger partial charge on any atom is -0.359 e. The number of aliphatic imine (C=N–C) groups is 1. The number of guanidine groups is 1. The summed E-state index contributed by atoms with van der Waals surface area (Å²) in [5.41, 5.74) is 0.